The first-order valence-electron chi connectivity index (χ1n) is 11.6. The van der Waals surface area contributed by atoms with E-state index in [0.717, 1.165) is 28.8 Å². The highest BCUT2D eigenvalue weighted by atomic mass is 32.1. The van der Waals surface area contributed by atoms with E-state index in [2.05, 4.69) is 0 Å². The lowest BCUT2D eigenvalue weighted by molar-refractivity contribution is -0.133. The number of hydrogen-bond donors (Lipinski definition) is 0. The van der Waals surface area contributed by atoms with E-state index in [0.29, 0.717) is 13.2 Å². The zero-order valence-electron chi connectivity index (χ0n) is 19.6. The van der Waals surface area contributed by atoms with Gasteiger partial charge in [-0.15, -0.1) is 11.3 Å². The topological polar surface area (TPSA) is 49.9 Å². The van der Waals surface area contributed by atoms with Crippen molar-refractivity contribution in [1.82, 2.24) is 9.80 Å². The Morgan fingerprint density at radius 3 is 2.49 bits per heavy atom. The second-order valence-electron chi connectivity index (χ2n) is 8.73. The second-order valence-corrected chi connectivity index (χ2v) is 9.73. The molecule has 3 aromatic rings. The molecule has 184 valence electrons. The standard InChI is InChI=1S/C27H28F2N2O3S/c1-19-11-13-35-25(19)17-30(15-20-7-9-22(28)10-8-20)26(32)18-31(16-24-6-3-12-34-24)27(33)21-4-2-5-23(29)14-21/h2,4-5,7-11,13-14,24H,3,6,12,15-18H2,1H3. The van der Waals surface area contributed by atoms with Crippen LogP contribution in [0.1, 0.15) is 39.2 Å². The number of aryl methyl sites for hydroxylation is 1. The summed E-state index contributed by atoms with van der Waals surface area (Å²) < 4.78 is 33.0. The van der Waals surface area contributed by atoms with E-state index < -0.39 is 11.7 Å². The van der Waals surface area contributed by atoms with Gasteiger partial charge in [-0.05, 0) is 72.7 Å². The third-order valence-electron chi connectivity index (χ3n) is 6.07. The molecule has 1 aliphatic heterocycles. The van der Waals surface area contributed by atoms with Gasteiger partial charge in [0.2, 0.25) is 5.91 Å². The summed E-state index contributed by atoms with van der Waals surface area (Å²) in [5.41, 5.74) is 2.06. The molecule has 0 N–H and O–H groups in total. The van der Waals surface area contributed by atoms with Crippen molar-refractivity contribution in [2.75, 3.05) is 19.7 Å². The van der Waals surface area contributed by atoms with Crippen LogP contribution in [-0.4, -0.2) is 47.4 Å². The van der Waals surface area contributed by atoms with Crippen LogP contribution in [0, 0.1) is 18.6 Å². The molecular formula is C27H28F2N2O3S. The molecule has 35 heavy (non-hydrogen) atoms. The first-order valence-corrected chi connectivity index (χ1v) is 12.5. The molecule has 2 heterocycles. The molecule has 1 aromatic heterocycles. The van der Waals surface area contributed by atoms with Gasteiger partial charge in [-0.3, -0.25) is 9.59 Å². The van der Waals surface area contributed by atoms with Crippen molar-refractivity contribution in [3.05, 3.63) is 93.2 Å². The molecule has 0 aliphatic carbocycles. The van der Waals surface area contributed by atoms with Gasteiger partial charge in [0.15, 0.2) is 0 Å². The Hall–Kier alpha value is -3.10. The quantitative estimate of drug-likeness (QED) is 0.408. The average molecular weight is 499 g/mol. The summed E-state index contributed by atoms with van der Waals surface area (Å²) in [5, 5.41) is 1.97. The molecule has 1 unspecified atom stereocenters. The van der Waals surface area contributed by atoms with Crippen LogP contribution < -0.4 is 0 Å². The predicted molar refractivity (Wildman–Crippen MR) is 131 cm³/mol. The van der Waals surface area contributed by atoms with Crippen molar-refractivity contribution in [1.29, 1.82) is 0 Å². The molecule has 1 saturated heterocycles. The molecule has 1 aliphatic rings. The van der Waals surface area contributed by atoms with Crippen LogP contribution in [-0.2, 0) is 22.6 Å². The number of rotatable bonds is 9. The van der Waals surface area contributed by atoms with Crippen molar-refractivity contribution in [3.63, 3.8) is 0 Å². The van der Waals surface area contributed by atoms with E-state index in [1.807, 2.05) is 18.4 Å². The Kier molecular flexibility index (Phi) is 8.25. The van der Waals surface area contributed by atoms with Gasteiger partial charge in [0.25, 0.3) is 5.91 Å². The molecule has 1 atom stereocenters. The molecule has 4 rings (SSSR count). The normalized spacial score (nSPS) is 15.2. The largest absolute Gasteiger partial charge is 0.376 e. The summed E-state index contributed by atoms with van der Waals surface area (Å²) >= 11 is 1.56. The highest BCUT2D eigenvalue weighted by Gasteiger charge is 2.27. The maximum Gasteiger partial charge on any atom is 0.254 e. The Bertz CT molecular complexity index is 1160. The second kappa shape index (κ2) is 11.6. The molecule has 0 bridgehead atoms. The van der Waals surface area contributed by atoms with E-state index in [9.17, 15) is 18.4 Å². The van der Waals surface area contributed by atoms with Gasteiger partial charge in [-0.25, -0.2) is 8.78 Å². The van der Waals surface area contributed by atoms with Gasteiger partial charge in [-0.2, -0.15) is 0 Å². The van der Waals surface area contributed by atoms with Crippen molar-refractivity contribution >= 4 is 23.2 Å². The minimum absolute atomic E-state index is 0.162. The Labute approximate surface area is 207 Å². The summed E-state index contributed by atoms with van der Waals surface area (Å²) in [6.07, 6.45) is 1.54. The molecule has 0 saturated carbocycles. The predicted octanol–water partition coefficient (Wildman–Crippen LogP) is 5.18. The number of ether oxygens (including phenoxy) is 1. The summed E-state index contributed by atoms with van der Waals surface area (Å²) in [5.74, 6) is -1.51. The first-order chi connectivity index (χ1) is 16.9. The smallest absolute Gasteiger partial charge is 0.254 e. The number of hydrogen-bond acceptors (Lipinski definition) is 4. The fourth-order valence-corrected chi connectivity index (χ4v) is 5.02. The molecular weight excluding hydrogens is 470 g/mol. The molecule has 8 heteroatoms. The fourth-order valence-electron chi connectivity index (χ4n) is 4.10. The van der Waals surface area contributed by atoms with Crippen LogP contribution in [0.15, 0.2) is 60.0 Å². The van der Waals surface area contributed by atoms with Crippen LogP contribution in [0.3, 0.4) is 0 Å². The van der Waals surface area contributed by atoms with Crippen molar-refractivity contribution in [2.24, 2.45) is 0 Å². The number of carbonyl (C=O) groups excluding carboxylic acids is 2. The first kappa shape index (κ1) is 25.0. The monoisotopic (exact) mass is 498 g/mol. The van der Waals surface area contributed by atoms with E-state index in [4.69, 9.17) is 4.74 Å². The summed E-state index contributed by atoms with van der Waals surface area (Å²) in [7, 11) is 0. The molecule has 2 amide bonds. The van der Waals surface area contributed by atoms with E-state index >= 15 is 0 Å². The van der Waals surface area contributed by atoms with Gasteiger partial charge >= 0.3 is 0 Å². The Morgan fingerprint density at radius 1 is 1.03 bits per heavy atom. The highest BCUT2D eigenvalue weighted by molar-refractivity contribution is 7.10. The van der Waals surface area contributed by atoms with Crippen molar-refractivity contribution in [3.8, 4) is 0 Å². The molecule has 0 spiro atoms. The van der Waals surface area contributed by atoms with Crippen molar-refractivity contribution < 1.29 is 23.1 Å². The van der Waals surface area contributed by atoms with Crippen LogP contribution in [0.2, 0.25) is 0 Å². The highest BCUT2D eigenvalue weighted by Crippen LogP contribution is 2.21. The third kappa shape index (κ3) is 6.74. The minimum atomic E-state index is -0.509. The average Bonchev–Trinajstić information content (AvgIpc) is 3.51. The Morgan fingerprint density at radius 2 is 1.83 bits per heavy atom. The summed E-state index contributed by atoms with van der Waals surface area (Å²) in [6, 6.07) is 13.5. The lowest BCUT2D eigenvalue weighted by atomic mass is 10.1. The van der Waals surface area contributed by atoms with Crippen molar-refractivity contribution in [2.45, 2.75) is 39.0 Å². The van der Waals surface area contributed by atoms with E-state index in [1.165, 1.54) is 35.2 Å². The molecule has 0 radical (unpaired) electrons. The maximum atomic E-state index is 13.8. The third-order valence-corrected chi connectivity index (χ3v) is 7.08. The molecule has 5 nitrogen and oxygen atoms in total. The maximum absolute atomic E-state index is 13.8. The number of thiophene rings is 1. The van der Waals surface area contributed by atoms with Crippen LogP contribution >= 0.6 is 11.3 Å². The van der Waals surface area contributed by atoms with Gasteiger partial charge in [-0.1, -0.05) is 18.2 Å². The molecule has 1 fully saturated rings. The van der Waals surface area contributed by atoms with Gasteiger partial charge in [0, 0.05) is 30.1 Å². The van der Waals surface area contributed by atoms with Gasteiger partial charge in [0.1, 0.15) is 18.2 Å². The lowest BCUT2D eigenvalue weighted by Crippen LogP contribution is -2.45. The Balaban J connectivity index is 1.56. The lowest BCUT2D eigenvalue weighted by Gasteiger charge is -2.29. The number of carbonyl (C=O) groups is 2. The number of halogens is 2. The van der Waals surface area contributed by atoms with E-state index in [-0.39, 0.29) is 43.0 Å². The number of benzene rings is 2. The van der Waals surface area contributed by atoms with Crippen LogP contribution in [0.4, 0.5) is 8.78 Å². The summed E-state index contributed by atoms with van der Waals surface area (Å²) in [4.78, 5) is 31.1. The van der Waals surface area contributed by atoms with Gasteiger partial charge in [0.05, 0.1) is 12.6 Å². The minimum Gasteiger partial charge on any atom is -0.376 e. The zero-order valence-corrected chi connectivity index (χ0v) is 20.4. The number of amides is 2. The SMILES string of the molecule is Cc1ccsc1CN(Cc1ccc(F)cc1)C(=O)CN(CC1CCCO1)C(=O)c1cccc(F)c1. The van der Waals surface area contributed by atoms with E-state index in [1.54, 1.807) is 34.4 Å². The summed E-state index contributed by atoms with van der Waals surface area (Å²) in [6.45, 7) is 3.35. The zero-order chi connectivity index (χ0) is 24.8. The van der Waals surface area contributed by atoms with Gasteiger partial charge < -0.3 is 14.5 Å². The number of nitrogens with zero attached hydrogens (tertiary/aromatic N) is 2. The van der Waals surface area contributed by atoms with Crippen LogP contribution in [0.25, 0.3) is 0 Å². The molecule has 2 aromatic carbocycles. The fraction of sp³-hybridized carbons (Fsp3) is 0.333. The van der Waals surface area contributed by atoms with Crippen LogP contribution in [0.5, 0.6) is 0 Å².